The van der Waals surface area contributed by atoms with Crippen LogP contribution in [-0.4, -0.2) is 55.3 Å². The molecule has 0 aromatic heterocycles. The Balaban J connectivity index is 2.78. The second-order valence-electron chi connectivity index (χ2n) is 5.78. The predicted octanol–water partition coefficient (Wildman–Crippen LogP) is 0.573. The van der Waals surface area contributed by atoms with Crippen LogP contribution >= 0.6 is 0 Å². The summed E-state index contributed by atoms with van der Waals surface area (Å²) in [6.07, 6.45) is 0.902. The van der Waals surface area contributed by atoms with Crippen molar-refractivity contribution in [3.8, 4) is 0 Å². The van der Waals surface area contributed by atoms with Crippen molar-refractivity contribution in [2.45, 2.75) is 52.6 Å². The third-order valence-corrected chi connectivity index (χ3v) is 5.66. The van der Waals surface area contributed by atoms with E-state index in [0.29, 0.717) is 19.4 Å². The molecule has 0 spiro atoms. The Morgan fingerprint density at radius 3 is 2.33 bits per heavy atom. The lowest BCUT2D eigenvalue weighted by Crippen LogP contribution is -2.64. The molecule has 1 N–H and O–H groups in total. The number of amides is 2. The molecule has 122 valence electrons. The minimum absolute atomic E-state index is 0.0149. The molecule has 2 unspecified atom stereocenters. The Bertz CT molecular complexity index is 487. The van der Waals surface area contributed by atoms with Crippen LogP contribution in [0.1, 0.15) is 40.5 Å². The molecular weight excluding hydrogens is 292 g/mol. The van der Waals surface area contributed by atoms with Crippen molar-refractivity contribution in [3.63, 3.8) is 0 Å². The molecule has 2 amide bonds. The topological polar surface area (TPSA) is 83.6 Å². The van der Waals surface area contributed by atoms with Gasteiger partial charge < -0.3 is 10.2 Å². The average Bonchev–Trinajstić information content (AvgIpc) is 2.41. The van der Waals surface area contributed by atoms with E-state index in [1.54, 1.807) is 11.8 Å². The maximum atomic E-state index is 12.5. The van der Waals surface area contributed by atoms with Crippen LogP contribution in [-0.2, 0) is 19.4 Å². The van der Waals surface area contributed by atoms with Gasteiger partial charge in [-0.3, -0.25) is 9.59 Å². The van der Waals surface area contributed by atoms with Crippen LogP contribution < -0.4 is 5.32 Å². The van der Waals surface area contributed by atoms with Crippen LogP contribution in [0.25, 0.3) is 0 Å². The van der Waals surface area contributed by atoms with E-state index in [9.17, 15) is 18.0 Å². The minimum Gasteiger partial charge on any atom is -0.342 e. The van der Waals surface area contributed by atoms with Crippen molar-refractivity contribution >= 4 is 21.7 Å². The molecule has 1 aliphatic rings. The lowest BCUT2D eigenvalue weighted by molar-refractivity contribution is -0.150. The standard InChI is InChI=1S/C14H26N2O4S/c1-5-11-13(17)15-12(10(3)4)14(18)16(11)8-7-9-21(19,20)6-2/h10-12H,5-9H2,1-4H3,(H,15,17). The molecule has 0 radical (unpaired) electrons. The number of piperazine rings is 1. The normalized spacial score (nSPS) is 23.6. The van der Waals surface area contributed by atoms with Gasteiger partial charge in [-0.2, -0.15) is 0 Å². The summed E-state index contributed by atoms with van der Waals surface area (Å²) >= 11 is 0. The molecule has 21 heavy (non-hydrogen) atoms. The van der Waals surface area contributed by atoms with E-state index in [4.69, 9.17) is 0 Å². The molecule has 6 nitrogen and oxygen atoms in total. The quantitative estimate of drug-likeness (QED) is 0.744. The van der Waals surface area contributed by atoms with Gasteiger partial charge in [0.25, 0.3) is 0 Å². The van der Waals surface area contributed by atoms with Crippen molar-refractivity contribution in [2.24, 2.45) is 5.92 Å². The zero-order valence-corrected chi connectivity index (χ0v) is 14.1. The molecule has 1 heterocycles. The Hall–Kier alpha value is -1.11. The van der Waals surface area contributed by atoms with Gasteiger partial charge in [-0.1, -0.05) is 27.7 Å². The first kappa shape index (κ1) is 17.9. The Morgan fingerprint density at radius 2 is 1.86 bits per heavy atom. The summed E-state index contributed by atoms with van der Waals surface area (Å²) in [5.74, 6) is -0.0779. The molecule has 2 atom stereocenters. The molecule has 0 saturated carbocycles. The van der Waals surface area contributed by atoms with Crippen molar-refractivity contribution in [3.05, 3.63) is 0 Å². The van der Waals surface area contributed by atoms with Crippen molar-refractivity contribution in [2.75, 3.05) is 18.1 Å². The van der Waals surface area contributed by atoms with Gasteiger partial charge in [0.05, 0.1) is 5.75 Å². The summed E-state index contributed by atoms with van der Waals surface area (Å²) < 4.78 is 23.1. The zero-order valence-electron chi connectivity index (χ0n) is 13.3. The van der Waals surface area contributed by atoms with E-state index in [1.807, 2.05) is 20.8 Å². The molecule has 0 aromatic rings. The summed E-state index contributed by atoms with van der Waals surface area (Å²) in [5, 5.41) is 2.77. The highest BCUT2D eigenvalue weighted by atomic mass is 32.2. The van der Waals surface area contributed by atoms with Gasteiger partial charge in [0.1, 0.15) is 21.9 Å². The van der Waals surface area contributed by atoms with Crippen LogP contribution in [0.4, 0.5) is 0 Å². The minimum atomic E-state index is -3.04. The number of hydrogen-bond donors (Lipinski definition) is 1. The summed E-state index contributed by atoms with van der Waals surface area (Å²) in [7, 11) is -3.04. The van der Waals surface area contributed by atoms with Crippen LogP contribution in [0.5, 0.6) is 0 Å². The highest BCUT2D eigenvalue weighted by Crippen LogP contribution is 2.18. The highest BCUT2D eigenvalue weighted by molar-refractivity contribution is 7.91. The second kappa shape index (κ2) is 7.24. The summed E-state index contributed by atoms with van der Waals surface area (Å²) in [6, 6.07) is -1.00. The number of hydrogen-bond acceptors (Lipinski definition) is 4. The first-order chi connectivity index (χ1) is 9.73. The van der Waals surface area contributed by atoms with Crippen LogP contribution in [0, 0.1) is 5.92 Å². The van der Waals surface area contributed by atoms with Crippen molar-refractivity contribution in [1.29, 1.82) is 0 Å². The Kier molecular flexibility index (Phi) is 6.19. The molecule has 1 rings (SSSR count). The molecule has 1 saturated heterocycles. The largest absolute Gasteiger partial charge is 0.342 e. The average molecular weight is 318 g/mol. The second-order valence-corrected chi connectivity index (χ2v) is 8.25. The van der Waals surface area contributed by atoms with E-state index in [2.05, 4.69) is 5.32 Å². The van der Waals surface area contributed by atoms with Gasteiger partial charge >= 0.3 is 0 Å². The number of carbonyl (C=O) groups excluding carboxylic acids is 2. The summed E-state index contributed by atoms with van der Waals surface area (Å²) in [6.45, 7) is 7.54. The van der Waals surface area contributed by atoms with E-state index < -0.39 is 21.9 Å². The molecule has 1 fully saturated rings. The monoisotopic (exact) mass is 318 g/mol. The fraction of sp³-hybridized carbons (Fsp3) is 0.857. The van der Waals surface area contributed by atoms with Gasteiger partial charge in [-0.25, -0.2) is 8.42 Å². The smallest absolute Gasteiger partial charge is 0.246 e. The third-order valence-electron chi connectivity index (χ3n) is 3.87. The van der Waals surface area contributed by atoms with Gasteiger partial charge in [0, 0.05) is 12.3 Å². The highest BCUT2D eigenvalue weighted by Gasteiger charge is 2.40. The molecule has 7 heteroatoms. The van der Waals surface area contributed by atoms with Crippen molar-refractivity contribution < 1.29 is 18.0 Å². The zero-order chi connectivity index (χ0) is 16.2. The first-order valence-electron chi connectivity index (χ1n) is 7.54. The number of rotatable bonds is 7. The van der Waals surface area contributed by atoms with Crippen LogP contribution in [0.2, 0.25) is 0 Å². The third kappa shape index (κ3) is 4.43. The molecular formula is C14H26N2O4S. The predicted molar refractivity (Wildman–Crippen MR) is 81.5 cm³/mol. The number of nitrogens with one attached hydrogen (secondary N) is 1. The van der Waals surface area contributed by atoms with E-state index >= 15 is 0 Å². The maximum absolute atomic E-state index is 12.5. The van der Waals surface area contributed by atoms with E-state index in [1.165, 1.54) is 0 Å². The van der Waals surface area contributed by atoms with Gasteiger partial charge in [0.15, 0.2) is 0 Å². The SMILES string of the molecule is CCC1C(=O)NC(C(C)C)C(=O)N1CCCS(=O)(=O)CC. The molecule has 0 bridgehead atoms. The van der Waals surface area contributed by atoms with Gasteiger partial charge in [0.2, 0.25) is 11.8 Å². The Labute approximate surface area is 127 Å². The van der Waals surface area contributed by atoms with Crippen LogP contribution in [0.15, 0.2) is 0 Å². The molecule has 0 aliphatic carbocycles. The molecule has 0 aromatic carbocycles. The summed E-state index contributed by atoms with van der Waals surface area (Å²) in [4.78, 5) is 26.1. The molecule has 1 aliphatic heterocycles. The first-order valence-corrected chi connectivity index (χ1v) is 9.36. The maximum Gasteiger partial charge on any atom is 0.246 e. The van der Waals surface area contributed by atoms with Gasteiger partial charge in [-0.15, -0.1) is 0 Å². The fourth-order valence-corrected chi connectivity index (χ4v) is 3.37. The van der Waals surface area contributed by atoms with Crippen molar-refractivity contribution in [1.82, 2.24) is 10.2 Å². The van der Waals surface area contributed by atoms with E-state index in [-0.39, 0.29) is 29.2 Å². The number of carbonyl (C=O) groups is 2. The van der Waals surface area contributed by atoms with Gasteiger partial charge in [-0.05, 0) is 18.8 Å². The Morgan fingerprint density at radius 1 is 1.24 bits per heavy atom. The fourth-order valence-electron chi connectivity index (χ4n) is 2.51. The van der Waals surface area contributed by atoms with E-state index in [0.717, 1.165) is 0 Å². The van der Waals surface area contributed by atoms with Crippen LogP contribution in [0.3, 0.4) is 0 Å². The lowest BCUT2D eigenvalue weighted by Gasteiger charge is -2.40. The lowest BCUT2D eigenvalue weighted by atomic mass is 9.97. The summed E-state index contributed by atoms with van der Waals surface area (Å²) in [5.41, 5.74) is 0. The number of nitrogens with zero attached hydrogens (tertiary/aromatic N) is 1. The number of sulfone groups is 1.